The number of pyridine rings is 3. The van der Waals surface area contributed by atoms with E-state index in [2.05, 4.69) is 105 Å². The van der Waals surface area contributed by atoms with Crippen molar-refractivity contribution in [3.63, 3.8) is 0 Å². The highest BCUT2D eigenvalue weighted by Crippen LogP contribution is 2.37. The van der Waals surface area contributed by atoms with Gasteiger partial charge in [0.25, 0.3) is 0 Å². The second-order valence-electron chi connectivity index (χ2n) is 10.3. The molecule has 0 bridgehead atoms. The Bertz CT molecular complexity index is 2050. The van der Waals surface area contributed by atoms with E-state index in [4.69, 9.17) is 14.4 Å². The summed E-state index contributed by atoms with van der Waals surface area (Å²) in [5.74, 6) is 0. The summed E-state index contributed by atoms with van der Waals surface area (Å²) in [5, 5.41) is 3.23. The number of hydrogen-bond acceptors (Lipinski definition) is 4. The van der Waals surface area contributed by atoms with Crippen molar-refractivity contribution in [3.05, 3.63) is 114 Å². The minimum Gasteiger partial charge on any atom is -0.437 e. The van der Waals surface area contributed by atoms with Gasteiger partial charge in [0.1, 0.15) is 5.58 Å². The number of hydrogen-bond donors (Lipinski definition) is 0. The van der Waals surface area contributed by atoms with E-state index in [0.717, 1.165) is 55.5 Å². The first-order valence-corrected chi connectivity index (χ1v) is 13.2. The Morgan fingerprint density at radius 3 is 2.26 bits per heavy atom. The van der Waals surface area contributed by atoms with Gasteiger partial charge < -0.3 is 4.42 Å². The zero-order valence-electron chi connectivity index (χ0n) is 22.4. The van der Waals surface area contributed by atoms with Gasteiger partial charge in [0.2, 0.25) is 5.71 Å². The summed E-state index contributed by atoms with van der Waals surface area (Å²) in [7, 11) is 0. The lowest BCUT2D eigenvalue weighted by molar-refractivity contribution is 0.653. The van der Waals surface area contributed by atoms with E-state index in [9.17, 15) is 0 Å². The second kappa shape index (κ2) is 8.88. The highest BCUT2D eigenvalue weighted by molar-refractivity contribution is 6.08. The molecule has 0 unspecified atom stereocenters. The van der Waals surface area contributed by atoms with Crippen molar-refractivity contribution in [2.45, 2.75) is 27.7 Å². The molecule has 0 radical (unpaired) electrons. The molecule has 4 aromatic heterocycles. The average molecular weight is 506 g/mol. The molecule has 0 spiro atoms. The fourth-order valence-corrected chi connectivity index (χ4v) is 5.74. The van der Waals surface area contributed by atoms with Crippen molar-refractivity contribution in [1.82, 2.24) is 15.0 Å². The van der Waals surface area contributed by atoms with E-state index >= 15 is 0 Å². The molecule has 7 aromatic rings. The van der Waals surface area contributed by atoms with Crippen LogP contribution in [0.25, 0.3) is 66.6 Å². The number of benzene rings is 3. The highest BCUT2D eigenvalue weighted by Gasteiger charge is 2.16. The van der Waals surface area contributed by atoms with Gasteiger partial charge in [0.15, 0.2) is 0 Å². The van der Waals surface area contributed by atoms with Gasteiger partial charge in [0, 0.05) is 39.2 Å². The van der Waals surface area contributed by atoms with Gasteiger partial charge in [-0.15, -0.1) is 0 Å². The molecule has 0 N–H and O–H groups in total. The number of rotatable bonds is 3. The molecule has 4 heteroatoms. The maximum atomic E-state index is 6.25. The molecular weight excluding hydrogens is 478 g/mol. The Morgan fingerprint density at radius 2 is 1.41 bits per heavy atom. The molecule has 0 saturated carbocycles. The van der Waals surface area contributed by atoms with Crippen LogP contribution < -0.4 is 0 Å². The number of aryl methyl sites for hydroxylation is 4. The summed E-state index contributed by atoms with van der Waals surface area (Å²) in [6, 6.07) is 29.6. The van der Waals surface area contributed by atoms with Crippen LogP contribution in [0.3, 0.4) is 0 Å². The molecule has 0 saturated heterocycles. The van der Waals surface area contributed by atoms with Crippen LogP contribution in [0.5, 0.6) is 0 Å². The van der Waals surface area contributed by atoms with Gasteiger partial charge in [-0.1, -0.05) is 42.5 Å². The molecule has 0 aliphatic carbocycles. The van der Waals surface area contributed by atoms with Crippen LogP contribution >= 0.6 is 0 Å². The molecule has 0 fully saturated rings. The number of nitrogens with zero attached hydrogens (tertiary/aromatic N) is 3. The van der Waals surface area contributed by atoms with E-state index in [-0.39, 0.29) is 0 Å². The predicted molar refractivity (Wildman–Crippen MR) is 160 cm³/mol. The number of aromatic nitrogens is 3. The summed E-state index contributed by atoms with van der Waals surface area (Å²) in [6.07, 6.45) is 1.88. The largest absolute Gasteiger partial charge is 0.437 e. The van der Waals surface area contributed by atoms with Crippen LogP contribution in [0.2, 0.25) is 0 Å². The van der Waals surface area contributed by atoms with Gasteiger partial charge in [0.05, 0.1) is 16.9 Å². The predicted octanol–water partition coefficient (Wildman–Crippen LogP) is 9.16. The van der Waals surface area contributed by atoms with Crippen molar-refractivity contribution in [2.24, 2.45) is 0 Å². The van der Waals surface area contributed by atoms with Crippen LogP contribution in [0.15, 0.2) is 95.5 Å². The topological polar surface area (TPSA) is 51.8 Å². The lowest BCUT2D eigenvalue weighted by atomic mass is 9.95. The lowest BCUT2D eigenvalue weighted by Gasteiger charge is -2.13. The lowest BCUT2D eigenvalue weighted by Crippen LogP contribution is -1.94. The SMILES string of the molecule is Cc1ccc2c(n1)oc1c(-c3cc(-c4ccc5nc(-c6c(C)cccc6C)ccc5c4C)ccn3)cccc12. The Kier molecular flexibility index (Phi) is 5.31. The van der Waals surface area contributed by atoms with E-state index < -0.39 is 0 Å². The summed E-state index contributed by atoms with van der Waals surface area (Å²) in [5.41, 5.74) is 13.4. The maximum absolute atomic E-state index is 6.25. The molecule has 0 aliphatic rings. The number of furan rings is 1. The first kappa shape index (κ1) is 23.3. The molecule has 188 valence electrons. The van der Waals surface area contributed by atoms with Crippen molar-refractivity contribution in [3.8, 4) is 33.6 Å². The summed E-state index contributed by atoms with van der Waals surface area (Å²) in [4.78, 5) is 14.4. The molecule has 7 rings (SSSR count). The number of fused-ring (bicyclic) bond motifs is 4. The Labute approximate surface area is 227 Å². The van der Waals surface area contributed by atoms with Crippen LogP contribution in [-0.4, -0.2) is 15.0 Å². The fraction of sp³-hybridized carbons (Fsp3) is 0.114. The standard InChI is InChI=1S/C35H27N3O/c1-20-7-5-8-21(2)33(20)31-16-14-26-23(4)25(13-15-30(26)38-31)24-17-18-36-32(19-24)29-10-6-9-27-28-12-11-22(3)37-35(28)39-34(27)29/h5-19H,1-4H3. The van der Waals surface area contributed by atoms with Crippen LogP contribution in [-0.2, 0) is 0 Å². The van der Waals surface area contributed by atoms with E-state index in [1.165, 1.54) is 27.8 Å². The van der Waals surface area contributed by atoms with Gasteiger partial charge in [-0.05, 0) is 98.0 Å². The third-order valence-electron chi connectivity index (χ3n) is 7.73. The minimum atomic E-state index is 0.659. The van der Waals surface area contributed by atoms with Crippen LogP contribution in [0.4, 0.5) is 0 Å². The molecule has 0 atom stereocenters. The van der Waals surface area contributed by atoms with E-state index in [1.54, 1.807) is 0 Å². The Morgan fingerprint density at radius 1 is 0.615 bits per heavy atom. The molecule has 0 aliphatic heterocycles. The van der Waals surface area contributed by atoms with Crippen molar-refractivity contribution in [2.75, 3.05) is 0 Å². The quantitative estimate of drug-likeness (QED) is 0.240. The molecule has 3 aromatic carbocycles. The van der Waals surface area contributed by atoms with E-state index in [0.29, 0.717) is 5.71 Å². The van der Waals surface area contributed by atoms with Crippen molar-refractivity contribution in [1.29, 1.82) is 0 Å². The molecular formula is C35H27N3O. The third kappa shape index (κ3) is 3.79. The fourth-order valence-electron chi connectivity index (χ4n) is 5.74. The average Bonchev–Trinajstić information content (AvgIpc) is 3.31. The number of para-hydroxylation sites is 1. The monoisotopic (exact) mass is 505 g/mol. The van der Waals surface area contributed by atoms with Gasteiger partial charge in [-0.25, -0.2) is 9.97 Å². The smallest absolute Gasteiger partial charge is 0.227 e. The van der Waals surface area contributed by atoms with Gasteiger partial charge >= 0.3 is 0 Å². The summed E-state index contributed by atoms with van der Waals surface area (Å²) in [6.45, 7) is 8.44. The highest BCUT2D eigenvalue weighted by atomic mass is 16.3. The minimum absolute atomic E-state index is 0.659. The molecule has 0 amide bonds. The zero-order chi connectivity index (χ0) is 26.7. The van der Waals surface area contributed by atoms with Gasteiger partial charge in [-0.2, -0.15) is 0 Å². The maximum Gasteiger partial charge on any atom is 0.227 e. The summed E-state index contributed by atoms with van der Waals surface area (Å²) >= 11 is 0. The van der Waals surface area contributed by atoms with Crippen molar-refractivity contribution >= 4 is 33.0 Å². The van der Waals surface area contributed by atoms with Crippen LogP contribution in [0, 0.1) is 27.7 Å². The third-order valence-corrected chi connectivity index (χ3v) is 7.73. The Balaban J connectivity index is 1.33. The van der Waals surface area contributed by atoms with Crippen LogP contribution in [0.1, 0.15) is 22.4 Å². The molecule has 4 heterocycles. The first-order valence-electron chi connectivity index (χ1n) is 13.2. The van der Waals surface area contributed by atoms with Gasteiger partial charge in [-0.3, -0.25) is 4.98 Å². The van der Waals surface area contributed by atoms with Crippen molar-refractivity contribution < 1.29 is 4.42 Å². The second-order valence-corrected chi connectivity index (χ2v) is 10.3. The zero-order valence-corrected chi connectivity index (χ0v) is 22.4. The molecule has 39 heavy (non-hydrogen) atoms. The molecule has 4 nitrogen and oxygen atoms in total. The van der Waals surface area contributed by atoms with E-state index in [1.807, 2.05) is 19.2 Å². The Hall–Kier alpha value is -4.83. The normalized spacial score (nSPS) is 11.6. The first-order chi connectivity index (χ1) is 19.0. The summed E-state index contributed by atoms with van der Waals surface area (Å²) < 4.78 is 6.25.